The van der Waals surface area contributed by atoms with Gasteiger partial charge in [-0.2, -0.15) is 0 Å². The number of nitrogen functional groups attached to an aromatic ring is 1. The first-order valence-corrected chi connectivity index (χ1v) is 10.3. The first kappa shape index (κ1) is 21.8. The number of rotatable bonds is 4. The standard InChI is InChI=1S/C24H27NO6/c25-18-6-5-16(23-22(29)21(28)20(27)19(13-26)31-23)12-17(18)11-15-3-1-14(2-4-15)7-8-24(30)9-10-24/h1-6,12,19-23,26-30H,9-11,13,25H2/t19-,20-,21+,22-,23+/m1/s1. The first-order chi connectivity index (χ1) is 14.8. The fraction of sp³-hybridized carbons (Fsp3) is 0.417. The van der Waals surface area contributed by atoms with Gasteiger partial charge in [-0.25, -0.2) is 0 Å². The van der Waals surface area contributed by atoms with Crippen LogP contribution in [0, 0.1) is 11.8 Å². The molecule has 1 aliphatic carbocycles. The molecule has 0 radical (unpaired) electrons. The minimum atomic E-state index is -1.43. The average molecular weight is 425 g/mol. The second-order valence-electron chi connectivity index (χ2n) is 8.36. The van der Waals surface area contributed by atoms with Crippen LogP contribution in [0.3, 0.4) is 0 Å². The van der Waals surface area contributed by atoms with Gasteiger partial charge in [0, 0.05) is 11.3 Å². The lowest BCUT2D eigenvalue weighted by Gasteiger charge is -2.40. The van der Waals surface area contributed by atoms with E-state index in [1.165, 1.54) is 0 Å². The van der Waals surface area contributed by atoms with Crippen LogP contribution < -0.4 is 5.73 Å². The molecule has 1 saturated heterocycles. The summed E-state index contributed by atoms with van der Waals surface area (Å²) >= 11 is 0. The van der Waals surface area contributed by atoms with Crippen LogP contribution in [-0.4, -0.2) is 62.2 Å². The lowest BCUT2D eigenvalue weighted by molar-refractivity contribution is -0.231. The summed E-state index contributed by atoms with van der Waals surface area (Å²) in [4.78, 5) is 0. The first-order valence-electron chi connectivity index (χ1n) is 10.3. The van der Waals surface area contributed by atoms with Crippen LogP contribution in [0.4, 0.5) is 5.69 Å². The summed E-state index contributed by atoms with van der Waals surface area (Å²) in [5.74, 6) is 5.87. The minimum absolute atomic E-state index is 0.476. The van der Waals surface area contributed by atoms with Gasteiger partial charge in [0.05, 0.1) is 6.61 Å². The molecule has 4 rings (SSSR count). The van der Waals surface area contributed by atoms with Gasteiger partial charge in [0.15, 0.2) is 0 Å². The van der Waals surface area contributed by atoms with Gasteiger partial charge in [-0.15, -0.1) is 0 Å². The summed E-state index contributed by atoms with van der Waals surface area (Å²) in [5.41, 5.74) is 9.18. The van der Waals surface area contributed by atoms with E-state index in [-0.39, 0.29) is 0 Å². The van der Waals surface area contributed by atoms with Crippen molar-refractivity contribution in [3.8, 4) is 11.8 Å². The van der Waals surface area contributed by atoms with E-state index in [1.54, 1.807) is 18.2 Å². The number of nitrogens with two attached hydrogens (primary N) is 1. The molecule has 1 heterocycles. The summed E-state index contributed by atoms with van der Waals surface area (Å²) in [7, 11) is 0. The van der Waals surface area contributed by atoms with Crippen LogP contribution in [0.15, 0.2) is 42.5 Å². The van der Waals surface area contributed by atoms with Gasteiger partial charge in [0.1, 0.15) is 36.1 Å². The Labute approximate surface area is 180 Å². The molecule has 2 aromatic rings. The zero-order chi connectivity index (χ0) is 22.2. The predicted octanol–water partition coefficient (Wildman–Crippen LogP) is 0.251. The molecule has 2 fully saturated rings. The number of hydrogen-bond donors (Lipinski definition) is 6. The van der Waals surface area contributed by atoms with E-state index < -0.39 is 42.7 Å². The highest BCUT2D eigenvalue weighted by Gasteiger charge is 2.44. The summed E-state index contributed by atoms with van der Waals surface area (Å²) in [5, 5.41) is 49.7. The number of aliphatic hydroxyl groups excluding tert-OH is 4. The Bertz CT molecular complexity index is 989. The van der Waals surface area contributed by atoms with Crippen molar-refractivity contribution in [3.05, 3.63) is 64.7 Å². The van der Waals surface area contributed by atoms with Crippen molar-refractivity contribution < 1.29 is 30.3 Å². The molecule has 7 heteroatoms. The zero-order valence-corrected chi connectivity index (χ0v) is 17.0. The van der Waals surface area contributed by atoms with Gasteiger partial charge in [-0.05, 0) is 54.2 Å². The quantitative estimate of drug-likeness (QED) is 0.305. The van der Waals surface area contributed by atoms with Gasteiger partial charge >= 0.3 is 0 Å². The highest BCUT2D eigenvalue weighted by Crippen LogP contribution is 2.35. The summed E-state index contributed by atoms with van der Waals surface area (Å²) < 4.78 is 5.65. The Hall–Kier alpha value is -2.44. The van der Waals surface area contributed by atoms with E-state index in [9.17, 15) is 25.5 Å². The maximum atomic E-state index is 10.4. The molecule has 164 valence electrons. The van der Waals surface area contributed by atoms with Crippen LogP contribution in [-0.2, 0) is 11.2 Å². The molecule has 1 aliphatic heterocycles. The molecule has 0 bridgehead atoms. The van der Waals surface area contributed by atoms with Crippen molar-refractivity contribution in [3.63, 3.8) is 0 Å². The van der Waals surface area contributed by atoms with E-state index >= 15 is 0 Å². The van der Waals surface area contributed by atoms with Crippen molar-refractivity contribution in [1.82, 2.24) is 0 Å². The SMILES string of the molecule is Nc1ccc([C@@H]2O[C@H](CO)[C@@H](O)[C@H](O)[C@H]2O)cc1Cc1ccc(C#CC2(O)CC2)cc1. The Morgan fingerprint density at radius 3 is 2.35 bits per heavy atom. The smallest absolute Gasteiger partial charge is 0.126 e. The molecular weight excluding hydrogens is 398 g/mol. The van der Waals surface area contributed by atoms with E-state index in [4.69, 9.17) is 10.5 Å². The van der Waals surface area contributed by atoms with Crippen molar-refractivity contribution in [2.24, 2.45) is 0 Å². The lowest BCUT2D eigenvalue weighted by Crippen LogP contribution is -2.55. The monoisotopic (exact) mass is 425 g/mol. The normalized spacial score (nSPS) is 29.1. The third-order valence-electron chi connectivity index (χ3n) is 5.90. The van der Waals surface area contributed by atoms with Gasteiger partial charge in [-0.1, -0.05) is 36.1 Å². The average Bonchev–Trinajstić information content (AvgIpc) is 3.51. The maximum absolute atomic E-state index is 10.4. The Kier molecular flexibility index (Phi) is 6.04. The molecule has 2 aromatic carbocycles. The molecular formula is C24H27NO6. The molecule has 5 atom stereocenters. The van der Waals surface area contributed by atoms with Crippen LogP contribution in [0.1, 0.15) is 41.2 Å². The Morgan fingerprint density at radius 2 is 1.71 bits per heavy atom. The summed E-state index contributed by atoms with van der Waals surface area (Å²) in [6.45, 7) is -0.476. The molecule has 0 unspecified atom stereocenters. The molecule has 0 amide bonds. The molecule has 2 aliphatic rings. The predicted molar refractivity (Wildman–Crippen MR) is 114 cm³/mol. The van der Waals surface area contributed by atoms with Crippen LogP contribution >= 0.6 is 0 Å². The number of anilines is 1. The number of aliphatic hydroxyl groups is 5. The van der Waals surface area contributed by atoms with E-state index in [1.807, 2.05) is 24.3 Å². The fourth-order valence-electron chi connectivity index (χ4n) is 3.69. The second-order valence-corrected chi connectivity index (χ2v) is 8.36. The van der Waals surface area contributed by atoms with Gasteiger partial charge in [0.2, 0.25) is 0 Å². The molecule has 7 N–H and O–H groups in total. The van der Waals surface area contributed by atoms with Crippen molar-refractivity contribution >= 4 is 5.69 Å². The van der Waals surface area contributed by atoms with E-state index in [2.05, 4.69) is 11.8 Å². The zero-order valence-electron chi connectivity index (χ0n) is 17.0. The number of hydrogen-bond acceptors (Lipinski definition) is 7. The van der Waals surface area contributed by atoms with Crippen LogP contribution in [0.5, 0.6) is 0 Å². The van der Waals surface area contributed by atoms with Gasteiger partial charge < -0.3 is 36.0 Å². The largest absolute Gasteiger partial charge is 0.398 e. The topological polar surface area (TPSA) is 136 Å². The molecule has 31 heavy (non-hydrogen) atoms. The maximum Gasteiger partial charge on any atom is 0.126 e. The third-order valence-corrected chi connectivity index (χ3v) is 5.90. The summed E-state index contributed by atoms with van der Waals surface area (Å²) in [6.07, 6.45) is -4.05. The highest BCUT2D eigenvalue weighted by atomic mass is 16.5. The molecule has 1 saturated carbocycles. The van der Waals surface area contributed by atoms with Crippen molar-refractivity contribution in [2.75, 3.05) is 12.3 Å². The van der Waals surface area contributed by atoms with E-state index in [0.717, 1.165) is 29.5 Å². The molecule has 0 spiro atoms. The van der Waals surface area contributed by atoms with Crippen LogP contribution in [0.25, 0.3) is 0 Å². The minimum Gasteiger partial charge on any atom is -0.398 e. The second kappa shape index (κ2) is 8.60. The molecule has 0 aromatic heterocycles. The highest BCUT2D eigenvalue weighted by molar-refractivity contribution is 5.51. The third kappa shape index (κ3) is 4.75. The van der Waals surface area contributed by atoms with Gasteiger partial charge in [-0.3, -0.25) is 0 Å². The number of ether oxygens (including phenoxy) is 1. The lowest BCUT2D eigenvalue weighted by atomic mass is 9.89. The Morgan fingerprint density at radius 1 is 1.00 bits per heavy atom. The molecule has 7 nitrogen and oxygen atoms in total. The van der Waals surface area contributed by atoms with Crippen molar-refractivity contribution in [2.45, 2.75) is 55.4 Å². The van der Waals surface area contributed by atoms with E-state index in [0.29, 0.717) is 17.7 Å². The number of benzene rings is 2. The summed E-state index contributed by atoms with van der Waals surface area (Å²) in [6, 6.07) is 12.9. The van der Waals surface area contributed by atoms with Crippen LogP contribution in [0.2, 0.25) is 0 Å². The van der Waals surface area contributed by atoms with Gasteiger partial charge in [0.25, 0.3) is 0 Å². The van der Waals surface area contributed by atoms with Crippen molar-refractivity contribution in [1.29, 1.82) is 0 Å². The Balaban J connectivity index is 1.52. The fourth-order valence-corrected chi connectivity index (χ4v) is 3.69.